The third-order valence-electron chi connectivity index (χ3n) is 2.81. The van der Waals surface area contributed by atoms with E-state index in [2.05, 4.69) is 10.0 Å². The van der Waals surface area contributed by atoms with Crippen LogP contribution in [-0.2, 0) is 14.8 Å². The lowest BCUT2D eigenvalue weighted by Gasteiger charge is -2.09. The van der Waals surface area contributed by atoms with Gasteiger partial charge in [-0.25, -0.2) is 8.42 Å². The first-order valence-electron chi connectivity index (χ1n) is 6.61. The molecule has 22 heavy (non-hydrogen) atoms. The lowest BCUT2D eigenvalue weighted by atomic mass is 10.3. The van der Waals surface area contributed by atoms with E-state index in [1.54, 1.807) is 24.3 Å². The van der Waals surface area contributed by atoms with E-state index in [0.717, 1.165) is 0 Å². The van der Waals surface area contributed by atoms with Gasteiger partial charge >= 0.3 is 0 Å². The van der Waals surface area contributed by atoms with Crippen molar-refractivity contribution in [3.8, 4) is 5.75 Å². The molecule has 0 spiro atoms. The zero-order chi connectivity index (χ0) is 16.0. The molecule has 2 N–H and O–H groups in total. The van der Waals surface area contributed by atoms with Gasteiger partial charge in [0.05, 0.1) is 11.5 Å². The van der Waals surface area contributed by atoms with Crippen LogP contribution in [0.5, 0.6) is 5.75 Å². The standard InChI is InChI=1S/C15H16N2O4S/c1-2-21-14-7-3-13(4-8-14)17-22(19,20)15-9-5-12(6-10-15)16-11-18/h3-11,17H,2H2,1H3,(H,16,18). The van der Waals surface area contributed by atoms with Crippen LogP contribution < -0.4 is 14.8 Å². The second-order valence-corrected chi connectivity index (χ2v) is 6.03. The van der Waals surface area contributed by atoms with E-state index < -0.39 is 10.0 Å². The molecule has 0 saturated heterocycles. The molecular formula is C15H16N2O4S. The van der Waals surface area contributed by atoms with Crippen molar-refractivity contribution in [1.82, 2.24) is 0 Å². The molecule has 0 unspecified atom stereocenters. The number of nitrogens with one attached hydrogen (secondary N) is 2. The summed E-state index contributed by atoms with van der Waals surface area (Å²) in [5.41, 5.74) is 0.966. The topological polar surface area (TPSA) is 84.5 Å². The number of hydrogen-bond donors (Lipinski definition) is 2. The summed E-state index contributed by atoms with van der Waals surface area (Å²) < 4.78 is 32.3. The average molecular weight is 320 g/mol. The minimum atomic E-state index is -3.68. The fourth-order valence-electron chi connectivity index (χ4n) is 1.80. The molecule has 0 saturated carbocycles. The molecule has 0 bridgehead atoms. The molecular weight excluding hydrogens is 304 g/mol. The quantitative estimate of drug-likeness (QED) is 0.768. The van der Waals surface area contributed by atoms with Gasteiger partial charge in [-0.2, -0.15) is 0 Å². The molecule has 0 fully saturated rings. The maximum atomic E-state index is 12.2. The molecule has 2 rings (SSSR count). The van der Waals surface area contributed by atoms with Crippen LogP contribution in [-0.4, -0.2) is 21.4 Å². The van der Waals surface area contributed by atoms with Crippen molar-refractivity contribution in [3.05, 3.63) is 48.5 Å². The predicted molar refractivity (Wildman–Crippen MR) is 84.5 cm³/mol. The van der Waals surface area contributed by atoms with E-state index in [-0.39, 0.29) is 4.90 Å². The van der Waals surface area contributed by atoms with Crippen LogP contribution in [0, 0.1) is 0 Å². The van der Waals surface area contributed by atoms with E-state index >= 15 is 0 Å². The van der Waals surface area contributed by atoms with Crippen LogP contribution in [0.25, 0.3) is 0 Å². The van der Waals surface area contributed by atoms with Crippen LogP contribution in [0.4, 0.5) is 11.4 Å². The van der Waals surface area contributed by atoms with Gasteiger partial charge in [-0.3, -0.25) is 9.52 Å². The second-order valence-electron chi connectivity index (χ2n) is 4.35. The van der Waals surface area contributed by atoms with Crippen molar-refractivity contribution >= 4 is 27.8 Å². The molecule has 2 aromatic carbocycles. The minimum Gasteiger partial charge on any atom is -0.494 e. The van der Waals surface area contributed by atoms with Gasteiger partial charge in [0.2, 0.25) is 6.41 Å². The zero-order valence-corrected chi connectivity index (χ0v) is 12.8. The molecule has 0 aromatic heterocycles. The number of ether oxygens (including phenoxy) is 1. The monoisotopic (exact) mass is 320 g/mol. The van der Waals surface area contributed by atoms with Crippen molar-refractivity contribution in [1.29, 1.82) is 0 Å². The lowest BCUT2D eigenvalue weighted by molar-refractivity contribution is -0.105. The number of carbonyl (C=O) groups excluding carboxylic acids is 1. The summed E-state index contributed by atoms with van der Waals surface area (Å²) in [7, 11) is -3.68. The molecule has 1 amide bonds. The van der Waals surface area contributed by atoms with E-state index in [1.807, 2.05) is 6.92 Å². The largest absolute Gasteiger partial charge is 0.494 e. The number of amides is 1. The molecule has 0 atom stereocenters. The summed E-state index contributed by atoms with van der Waals surface area (Å²) in [6.45, 7) is 2.42. The Kier molecular flexibility index (Phi) is 5.00. The number of anilines is 2. The first-order valence-corrected chi connectivity index (χ1v) is 8.09. The zero-order valence-electron chi connectivity index (χ0n) is 11.9. The number of sulfonamides is 1. The first kappa shape index (κ1) is 15.8. The smallest absolute Gasteiger partial charge is 0.261 e. The highest BCUT2D eigenvalue weighted by Gasteiger charge is 2.14. The minimum absolute atomic E-state index is 0.109. The molecule has 0 aliphatic rings. The molecule has 6 nitrogen and oxygen atoms in total. The third-order valence-corrected chi connectivity index (χ3v) is 4.20. The molecule has 0 heterocycles. The number of rotatable bonds is 7. The Bertz CT molecular complexity index is 725. The Morgan fingerprint density at radius 3 is 2.14 bits per heavy atom. The summed E-state index contributed by atoms with van der Waals surface area (Å²) in [6, 6.07) is 12.5. The van der Waals surface area contributed by atoms with Crippen molar-refractivity contribution < 1.29 is 17.9 Å². The summed E-state index contributed by atoms with van der Waals surface area (Å²) in [4.78, 5) is 10.4. The van der Waals surface area contributed by atoms with Crippen LogP contribution in [0.3, 0.4) is 0 Å². The van der Waals surface area contributed by atoms with E-state index in [4.69, 9.17) is 4.74 Å². The van der Waals surface area contributed by atoms with E-state index in [1.165, 1.54) is 24.3 Å². The predicted octanol–water partition coefficient (Wildman–Crippen LogP) is 2.45. The maximum Gasteiger partial charge on any atom is 0.261 e. The normalized spacial score (nSPS) is 10.8. The first-order chi connectivity index (χ1) is 10.5. The van der Waals surface area contributed by atoms with Gasteiger partial charge in [0.15, 0.2) is 0 Å². The maximum absolute atomic E-state index is 12.2. The third kappa shape index (κ3) is 3.98. The fourth-order valence-corrected chi connectivity index (χ4v) is 2.86. The second kappa shape index (κ2) is 6.95. The van der Waals surface area contributed by atoms with Gasteiger partial charge in [-0.1, -0.05) is 0 Å². The van der Waals surface area contributed by atoms with Crippen LogP contribution in [0.15, 0.2) is 53.4 Å². The number of carbonyl (C=O) groups is 1. The fraction of sp³-hybridized carbons (Fsp3) is 0.133. The van der Waals surface area contributed by atoms with Crippen LogP contribution in [0.2, 0.25) is 0 Å². The van der Waals surface area contributed by atoms with Gasteiger partial charge in [-0.05, 0) is 55.5 Å². The average Bonchev–Trinajstić information content (AvgIpc) is 2.50. The molecule has 2 aromatic rings. The van der Waals surface area contributed by atoms with Crippen LogP contribution >= 0.6 is 0 Å². The highest BCUT2D eigenvalue weighted by molar-refractivity contribution is 7.92. The highest BCUT2D eigenvalue weighted by Crippen LogP contribution is 2.20. The number of benzene rings is 2. The number of hydrogen-bond acceptors (Lipinski definition) is 4. The Morgan fingerprint density at radius 2 is 1.59 bits per heavy atom. The Hall–Kier alpha value is -2.54. The van der Waals surface area contributed by atoms with Crippen molar-refractivity contribution in [2.45, 2.75) is 11.8 Å². The van der Waals surface area contributed by atoms with Gasteiger partial charge in [0.1, 0.15) is 5.75 Å². The molecule has 0 aliphatic heterocycles. The Morgan fingerprint density at radius 1 is 1.00 bits per heavy atom. The van der Waals surface area contributed by atoms with E-state index in [0.29, 0.717) is 30.1 Å². The SMILES string of the molecule is CCOc1ccc(NS(=O)(=O)c2ccc(NC=O)cc2)cc1. The van der Waals surface area contributed by atoms with Gasteiger partial charge in [0, 0.05) is 11.4 Å². The lowest BCUT2D eigenvalue weighted by Crippen LogP contribution is -2.12. The summed E-state index contributed by atoms with van der Waals surface area (Å²) in [6.07, 6.45) is 0.529. The summed E-state index contributed by atoms with van der Waals surface area (Å²) >= 11 is 0. The van der Waals surface area contributed by atoms with Gasteiger partial charge in [0.25, 0.3) is 10.0 Å². The van der Waals surface area contributed by atoms with E-state index in [9.17, 15) is 13.2 Å². The van der Waals surface area contributed by atoms with Gasteiger partial charge < -0.3 is 10.1 Å². The van der Waals surface area contributed by atoms with Crippen molar-refractivity contribution in [2.75, 3.05) is 16.6 Å². The van der Waals surface area contributed by atoms with Crippen molar-refractivity contribution in [3.63, 3.8) is 0 Å². The molecule has 116 valence electrons. The molecule has 0 radical (unpaired) electrons. The van der Waals surface area contributed by atoms with Gasteiger partial charge in [-0.15, -0.1) is 0 Å². The molecule has 0 aliphatic carbocycles. The highest BCUT2D eigenvalue weighted by atomic mass is 32.2. The Labute approximate surface area is 129 Å². The Balaban J connectivity index is 2.14. The summed E-state index contributed by atoms with van der Waals surface area (Å²) in [5.74, 6) is 0.676. The summed E-state index contributed by atoms with van der Waals surface area (Å²) in [5, 5.41) is 2.44. The van der Waals surface area contributed by atoms with Crippen molar-refractivity contribution in [2.24, 2.45) is 0 Å². The van der Waals surface area contributed by atoms with Crippen LogP contribution in [0.1, 0.15) is 6.92 Å². The molecule has 7 heteroatoms.